The predicted octanol–water partition coefficient (Wildman–Crippen LogP) is 3.46. The van der Waals surface area contributed by atoms with Crippen molar-refractivity contribution < 1.29 is 4.74 Å². The third kappa shape index (κ3) is 5.14. The van der Waals surface area contributed by atoms with Gasteiger partial charge >= 0.3 is 0 Å². The van der Waals surface area contributed by atoms with Crippen molar-refractivity contribution in [3.63, 3.8) is 0 Å². The van der Waals surface area contributed by atoms with E-state index >= 15 is 0 Å². The van der Waals surface area contributed by atoms with Crippen molar-refractivity contribution in [3.05, 3.63) is 35.9 Å². The van der Waals surface area contributed by atoms with Crippen LogP contribution in [0.3, 0.4) is 0 Å². The van der Waals surface area contributed by atoms with Crippen molar-refractivity contribution in [2.24, 2.45) is 10.9 Å². The number of likely N-dealkylation sites (tertiary alicyclic amines) is 2. The minimum Gasteiger partial charge on any atom is -0.381 e. The molecule has 0 bridgehead atoms. The van der Waals surface area contributed by atoms with E-state index in [1.165, 1.54) is 31.4 Å². The Labute approximate surface area is 186 Å². The Bertz CT molecular complexity index is 692. The number of piperidine rings is 2. The second-order valence-electron chi connectivity index (χ2n) is 9.06. The summed E-state index contributed by atoms with van der Waals surface area (Å²) in [5.74, 6) is 1.83. The van der Waals surface area contributed by atoms with E-state index in [9.17, 15) is 0 Å². The van der Waals surface area contributed by atoms with E-state index < -0.39 is 0 Å². The standard InChI is InChI=1S/C24H38N4OS/c1-25-23(26-19-24(30-2)11-15-29-16-12-24)28-14-10-22-21(18-28)9-6-13-27(22)17-20-7-4-3-5-8-20/h3-5,7-8,21-22H,6,9-19H2,1-2H3,(H,25,26). The van der Waals surface area contributed by atoms with Gasteiger partial charge in [0.1, 0.15) is 0 Å². The molecular formula is C24H38N4OS. The van der Waals surface area contributed by atoms with Gasteiger partial charge < -0.3 is 15.0 Å². The molecular weight excluding hydrogens is 392 g/mol. The Kier molecular flexibility index (Phi) is 7.60. The Morgan fingerprint density at radius 1 is 1.20 bits per heavy atom. The molecule has 3 fully saturated rings. The average molecular weight is 431 g/mol. The van der Waals surface area contributed by atoms with Crippen LogP contribution in [0.2, 0.25) is 0 Å². The number of nitrogens with zero attached hydrogens (tertiary/aromatic N) is 3. The molecule has 6 heteroatoms. The number of thioether (sulfide) groups is 1. The van der Waals surface area contributed by atoms with Gasteiger partial charge in [-0.3, -0.25) is 9.89 Å². The number of hydrogen-bond acceptors (Lipinski definition) is 4. The van der Waals surface area contributed by atoms with E-state index in [2.05, 4.69) is 56.7 Å². The molecule has 1 aromatic carbocycles. The van der Waals surface area contributed by atoms with Gasteiger partial charge in [-0.25, -0.2) is 0 Å². The molecule has 0 aliphatic carbocycles. The fourth-order valence-electron chi connectivity index (χ4n) is 5.48. The Morgan fingerprint density at radius 3 is 2.73 bits per heavy atom. The van der Waals surface area contributed by atoms with Gasteiger partial charge in [0.25, 0.3) is 0 Å². The van der Waals surface area contributed by atoms with Gasteiger partial charge in [0.05, 0.1) is 0 Å². The van der Waals surface area contributed by atoms with E-state index in [0.717, 1.165) is 64.1 Å². The second-order valence-corrected chi connectivity index (χ2v) is 10.3. The molecule has 3 saturated heterocycles. The van der Waals surface area contributed by atoms with Crippen molar-refractivity contribution in [1.29, 1.82) is 0 Å². The molecule has 30 heavy (non-hydrogen) atoms. The van der Waals surface area contributed by atoms with Gasteiger partial charge in [-0.2, -0.15) is 11.8 Å². The highest BCUT2D eigenvalue weighted by molar-refractivity contribution is 8.00. The van der Waals surface area contributed by atoms with Crippen LogP contribution in [0.25, 0.3) is 0 Å². The van der Waals surface area contributed by atoms with Gasteiger partial charge in [0.15, 0.2) is 5.96 Å². The highest BCUT2D eigenvalue weighted by Crippen LogP contribution is 2.34. The van der Waals surface area contributed by atoms with Crippen LogP contribution in [0, 0.1) is 5.92 Å². The number of aliphatic imine (C=N–C) groups is 1. The fourth-order valence-corrected chi connectivity index (χ4v) is 6.27. The van der Waals surface area contributed by atoms with Crippen molar-refractivity contribution in [2.75, 3.05) is 52.7 Å². The lowest BCUT2D eigenvalue weighted by molar-refractivity contribution is 0.0370. The number of rotatable bonds is 5. The average Bonchev–Trinajstić information content (AvgIpc) is 2.81. The van der Waals surface area contributed by atoms with E-state index in [-0.39, 0.29) is 4.75 Å². The van der Waals surface area contributed by atoms with Crippen molar-refractivity contribution in [2.45, 2.75) is 49.4 Å². The number of fused-ring (bicyclic) bond motifs is 1. The van der Waals surface area contributed by atoms with E-state index in [1.54, 1.807) is 0 Å². The molecule has 166 valence electrons. The van der Waals surface area contributed by atoms with Crippen LogP contribution in [0.4, 0.5) is 0 Å². The first kappa shape index (κ1) is 22.0. The van der Waals surface area contributed by atoms with Gasteiger partial charge in [-0.15, -0.1) is 0 Å². The summed E-state index contributed by atoms with van der Waals surface area (Å²) < 4.78 is 5.88. The number of guanidine groups is 1. The zero-order valence-electron chi connectivity index (χ0n) is 18.7. The maximum atomic E-state index is 5.60. The number of nitrogens with one attached hydrogen (secondary N) is 1. The lowest BCUT2D eigenvalue weighted by atomic mass is 9.83. The molecule has 5 nitrogen and oxygen atoms in total. The first-order chi connectivity index (χ1) is 14.7. The Morgan fingerprint density at radius 2 is 2.00 bits per heavy atom. The zero-order chi connectivity index (χ0) is 20.8. The number of hydrogen-bond donors (Lipinski definition) is 1. The van der Waals surface area contributed by atoms with E-state index in [0.29, 0.717) is 6.04 Å². The lowest BCUT2D eigenvalue weighted by Gasteiger charge is -2.48. The fraction of sp³-hybridized carbons (Fsp3) is 0.708. The molecule has 0 spiro atoms. The predicted molar refractivity (Wildman–Crippen MR) is 127 cm³/mol. The summed E-state index contributed by atoms with van der Waals surface area (Å²) in [5, 5.41) is 3.73. The molecule has 0 radical (unpaired) electrons. The topological polar surface area (TPSA) is 40.1 Å². The minimum atomic E-state index is 0.282. The van der Waals surface area contributed by atoms with Crippen LogP contribution in [-0.2, 0) is 11.3 Å². The molecule has 2 unspecified atom stereocenters. The van der Waals surface area contributed by atoms with Gasteiger partial charge in [0.2, 0.25) is 0 Å². The lowest BCUT2D eigenvalue weighted by Crippen LogP contribution is -2.57. The normalized spacial score (nSPS) is 27.5. The van der Waals surface area contributed by atoms with Gasteiger partial charge in [0, 0.05) is 57.2 Å². The van der Waals surface area contributed by atoms with Crippen molar-refractivity contribution in [3.8, 4) is 0 Å². The van der Waals surface area contributed by atoms with Crippen molar-refractivity contribution in [1.82, 2.24) is 15.1 Å². The minimum absolute atomic E-state index is 0.282. The SMILES string of the molecule is CN=C(NCC1(SC)CCOCC1)N1CCC2C(CCCN2Cc2ccccc2)C1. The Hall–Kier alpha value is -1.24. The van der Waals surface area contributed by atoms with Crippen LogP contribution < -0.4 is 5.32 Å². The number of ether oxygens (including phenoxy) is 1. The summed E-state index contributed by atoms with van der Waals surface area (Å²) in [6, 6.07) is 11.7. The largest absolute Gasteiger partial charge is 0.381 e. The summed E-state index contributed by atoms with van der Waals surface area (Å²) in [4.78, 5) is 9.92. The third-order valence-electron chi connectivity index (χ3n) is 7.33. The van der Waals surface area contributed by atoms with Gasteiger partial charge in [-0.1, -0.05) is 30.3 Å². The van der Waals surface area contributed by atoms with Crippen LogP contribution in [-0.4, -0.2) is 79.2 Å². The summed E-state index contributed by atoms with van der Waals surface area (Å²) in [6.45, 7) is 7.30. The third-order valence-corrected chi connectivity index (χ3v) is 8.75. The van der Waals surface area contributed by atoms with Crippen molar-refractivity contribution >= 4 is 17.7 Å². The first-order valence-corrected chi connectivity index (χ1v) is 12.8. The highest BCUT2D eigenvalue weighted by atomic mass is 32.2. The smallest absolute Gasteiger partial charge is 0.193 e. The van der Waals surface area contributed by atoms with E-state index in [1.807, 2.05) is 18.8 Å². The molecule has 3 aliphatic rings. The summed E-state index contributed by atoms with van der Waals surface area (Å²) in [7, 11) is 1.94. The molecule has 0 amide bonds. The summed E-state index contributed by atoms with van der Waals surface area (Å²) in [5.41, 5.74) is 1.44. The van der Waals surface area contributed by atoms with E-state index in [4.69, 9.17) is 4.74 Å². The molecule has 0 saturated carbocycles. The molecule has 3 heterocycles. The molecule has 3 aliphatic heterocycles. The summed E-state index contributed by atoms with van der Waals surface area (Å²) in [6.07, 6.45) is 8.37. The molecule has 1 N–H and O–H groups in total. The van der Waals surface area contributed by atoms with Crippen LogP contribution >= 0.6 is 11.8 Å². The maximum Gasteiger partial charge on any atom is 0.193 e. The molecule has 4 rings (SSSR count). The summed E-state index contributed by atoms with van der Waals surface area (Å²) >= 11 is 1.99. The van der Waals surface area contributed by atoms with Gasteiger partial charge in [-0.05, 0) is 56.4 Å². The first-order valence-electron chi connectivity index (χ1n) is 11.6. The maximum absolute atomic E-state index is 5.60. The molecule has 2 atom stereocenters. The Balaban J connectivity index is 1.34. The molecule has 0 aromatic heterocycles. The quantitative estimate of drug-likeness (QED) is 0.572. The highest BCUT2D eigenvalue weighted by Gasteiger charge is 2.37. The second kappa shape index (κ2) is 10.4. The molecule has 1 aromatic rings. The van der Waals surface area contributed by atoms with Crippen LogP contribution in [0.1, 0.15) is 37.7 Å². The zero-order valence-corrected chi connectivity index (χ0v) is 19.5. The number of benzene rings is 1. The van der Waals surface area contributed by atoms with Crippen LogP contribution in [0.5, 0.6) is 0 Å². The van der Waals surface area contributed by atoms with Crippen LogP contribution in [0.15, 0.2) is 35.3 Å². The monoisotopic (exact) mass is 430 g/mol.